The van der Waals surface area contributed by atoms with Gasteiger partial charge >= 0.3 is 5.51 Å². The number of nitrogens with zero attached hydrogens (tertiary/aromatic N) is 1. The number of thioether (sulfide) groups is 1. The molecule has 0 unspecified atom stereocenters. The molecule has 0 bridgehead atoms. The highest BCUT2D eigenvalue weighted by Crippen LogP contribution is 2.37. The lowest BCUT2D eigenvalue weighted by Gasteiger charge is -2.06. The van der Waals surface area contributed by atoms with Crippen LogP contribution in [0.25, 0.3) is 10.9 Å². The molecule has 0 aliphatic rings. The SMILES string of the molecule is FC(F)(F)Sc1ccc2nc(Cl)ccc2c1. The largest absolute Gasteiger partial charge is 0.446 e. The zero-order valence-electron chi connectivity index (χ0n) is 7.75. The minimum Gasteiger partial charge on any atom is -0.236 e. The second-order valence-corrected chi connectivity index (χ2v) is 4.56. The third-order valence-electron chi connectivity index (χ3n) is 1.86. The van der Waals surface area contributed by atoms with Crippen LogP contribution >= 0.6 is 23.4 Å². The summed E-state index contributed by atoms with van der Waals surface area (Å²) in [6, 6.07) is 7.53. The van der Waals surface area contributed by atoms with Crippen molar-refractivity contribution in [2.75, 3.05) is 0 Å². The van der Waals surface area contributed by atoms with Crippen LogP contribution in [0.5, 0.6) is 0 Å². The Bertz CT molecular complexity index is 527. The second-order valence-electron chi connectivity index (χ2n) is 3.04. The van der Waals surface area contributed by atoms with Gasteiger partial charge in [-0.3, -0.25) is 0 Å². The number of pyridine rings is 1. The highest BCUT2D eigenvalue weighted by atomic mass is 35.5. The van der Waals surface area contributed by atoms with Gasteiger partial charge in [0.2, 0.25) is 0 Å². The van der Waals surface area contributed by atoms with Gasteiger partial charge < -0.3 is 0 Å². The number of hydrogen-bond acceptors (Lipinski definition) is 2. The molecule has 0 saturated carbocycles. The predicted molar refractivity (Wildman–Crippen MR) is 58.7 cm³/mol. The van der Waals surface area contributed by atoms with Crippen LogP contribution in [-0.4, -0.2) is 10.5 Å². The van der Waals surface area contributed by atoms with E-state index < -0.39 is 5.51 Å². The summed E-state index contributed by atoms with van der Waals surface area (Å²) in [4.78, 5) is 4.13. The van der Waals surface area contributed by atoms with E-state index in [4.69, 9.17) is 11.6 Å². The average Bonchev–Trinajstić information content (AvgIpc) is 2.16. The molecule has 0 spiro atoms. The lowest BCUT2D eigenvalue weighted by molar-refractivity contribution is -0.0328. The van der Waals surface area contributed by atoms with E-state index in [2.05, 4.69) is 4.98 Å². The molecule has 16 heavy (non-hydrogen) atoms. The van der Waals surface area contributed by atoms with E-state index in [1.54, 1.807) is 12.1 Å². The van der Waals surface area contributed by atoms with Crippen LogP contribution in [-0.2, 0) is 0 Å². The van der Waals surface area contributed by atoms with Gasteiger partial charge in [0.25, 0.3) is 0 Å². The highest BCUT2D eigenvalue weighted by Gasteiger charge is 2.29. The van der Waals surface area contributed by atoms with Crippen molar-refractivity contribution in [3.05, 3.63) is 35.5 Å². The summed E-state index contributed by atoms with van der Waals surface area (Å²) in [6.45, 7) is 0. The van der Waals surface area contributed by atoms with Crippen molar-refractivity contribution in [2.45, 2.75) is 10.4 Å². The van der Waals surface area contributed by atoms with Crippen LogP contribution < -0.4 is 0 Å². The zero-order valence-corrected chi connectivity index (χ0v) is 9.33. The quantitative estimate of drug-likeness (QED) is 0.555. The van der Waals surface area contributed by atoms with Gasteiger partial charge in [-0.2, -0.15) is 13.2 Å². The first kappa shape index (κ1) is 11.5. The van der Waals surface area contributed by atoms with Crippen molar-refractivity contribution >= 4 is 34.3 Å². The second kappa shape index (κ2) is 4.14. The smallest absolute Gasteiger partial charge is 0.236 e. The van der Waals surface area contributed by atoms with E-state index in [9.17, 15) is 13.2 Å². The number of aromatic nitrogens is 1. The van der Waals surface area contributed by atoms with Gasteiger partial charge in [0.05, 0.1) is 5.52 Å². The van der Waals surface area contributed by atoms with Crippen molar-refractivity contribution in [1.82, 2.24) is 4.98 Å². The van der Waals surface area contributed by atoms with Gasteiger partial charge in [-0.05, 0) is 42.1 Å². The summed E-state index contributed by atoms with van der Waals surface area (Å²) in [6.07, 6.45) is 0. The average molecular weight is 264 g/mol. The number of alkyl halides is 3. The molecular weight excluding hydrogens is 259 g/mol. The van der Waals surface area contributed by atoms with E-state index in [1.807, 2.05) is 0 Å². The van der Waals surface area contributed by atoms with Gasteiger partial charge in [0.1, 0.15) is 5.15 Å². The fourth-order valence-corrected chi connectivity index (χ4v) is 2.02. The molecule has 0 radical (unpaired) electrons. The number of halogens is 4. The Labute approximate surface area is 98.6 Å². The molecule has 6 heteroatoms. The fourth-order valence-electron chi connectivity index (χ4n) is 1.28. The monoisotopic (exact) mass is 263 g/mol. The molecule has 1 aromatic heterocycles. The van der Waals surface area contributed by atoms with Crippen molar-refractivity contribution in [1.29, 1.82) is 0 Å². The first-order valence-electron chi connectivity index (χ1n) is 4.26. The van der Waals surface area contributed by atoms with Crippen molar-refractivity contribution in [3.63, 3.8) is 0 Å². The predicted octanol–water partition coefficient (Wildman–Crippen LogP) is 4.50. The summed E-state index contributed by atoms with van der Waals surface area (Å²) < 4.78 is 36.4. The first-order valence-corrected chi connectivity index (χ1v) is 5.45. The van der Waals surface area contributed by atoms with Crippen LogP contribution in [0.2, 0.25) is 5.15 Å². The number of benzene rings is 1. The van der Waals surface area contributed by atoms with Crippen LogP contribution in [0, 0.1) is 0 Å². The Morgan fingerprint density at radius 1 is 1.12 bits per heavy atom. The maximum absolute atomic E-state index is 12.1. The molecule has 0 fully saturated rings. The van der Waals surface area contributed by atoms with E-state index >= 15 is 0 Å². The Balaban J connectivity index is 2.41. The minimum atomic E-state index is -4.27. The highest BCUT2D eigenvalue weighted by molar-refractivity contribution is 8.00. The van der Waals surface area contributed by atoms with Crippen molar-refractivity contribution in [2.24, 2.45) is 0 Å². The molecule has 1 aromatic carbocycles. The molecule has 1 heterocycles. The summed E-state index contributed by atoms with van der Waals surface area (Å²) in [5.74, 6) is 0. The van der Waals surface area contributed by atoms with Gasteiger partial charge in [0.15, 0.2) is 0 Å². The molecule has 0 aliphatic carbocycles. The Hall–Kier alpha value is -0.940. The molecule has 0 atom stereocenters. The van der Waals surface area contributed by atoms with E-state index in [1.165, 1.54) is 18.2 Å². The fraction of sp³-hybridized carbons (Fsp3) is 0.100. The normalized spacial score (nSPS) is 12.0. The van der Waals surface area contributed by atoms with Gasteiger partial charge in [-0.25, -0.2) is 4.98 Å². The Morgan fingerprint density at radius 2 is 1.88 bits per heavy atom. The first-order chi connectivity index (χ1) is 7.44. The number of fused-ring (bicyclic) bond motifs is 1. The Kier molecular flexibility index (Phi) is 2.99. The summed E-state index contributed by atoms with van der Waals surface area (Å²) >= 11 is 5.53. The molecule has 2 aromatic rings. The number of rotatable bonds is 1. The Morgan fingerprint density at radius 3 is 2.56 bits per heavy atom. The molecule has 0 amide bonds. The molecule has 1 nitrogen and oxygen atoms in total. The van der Waals surface area contributed by atoms with Crippen LogP contribution in [0.1, 0.15) is 0 Å². The maximum atomic E-state index is 12.1. The van der Waals surface area contributed by atoms with E-state index in [0.717, 1.165) is 0 Å². The van der Waals surface area contributed by atoms with Crippen LogP contribution in [0.4, 0.5) is 13.2 Å². The summed E-state index contributed by atoms with van der Waals surface area (Å²) in [5.41, 5.74) is -3.69. The van der Waals surface area contributed by atoms with Gasteiger partial charge in [0, 0.05) is 10.3 Å². The number of hydrogen-bond donors (Lipinski definition) is 0. The summed E-state index contributed by atoms with van der Waals surface area (Å²) in [5, 5.41) is 0.961. The molecule has 0 aliphatic heterocycles. The molecular formula is C10H5ClF3NS. The molecule has 84 valence electrons. The minimum absolute atomic E-state index is 0.141. The van der Waals surface area contributed by atoms with Gasteiger partial charge in [-0.1, -0.05) is 11.6 Å². The standard InChI is InChI=1S/C10H5ClF3NS/c11-9-4-1-6-5-7(16-10(12,13)14)2-3-8(6)15-9/h1-5H. The summed E-state index contributed by atoms with van der Waals surface area (Å²) in [7, 11) is 0. The molecule has 0 N–H and O–H groups in total. The third kappa shape index (κ3) is 2.80. The lowest BCUT2D eigenvalue weighted by atomic mass is 10.2. The van der Waals surface area contributed by atoms with Gasteiger partial charge in [-0.15, -0.1) is 0 Å². The van der Waals surface area contributed by atoms with Crippen LogP contribution in [0.15, 0.2) is 35.2 Å². The third-order valence-corrected chi connectivity index (χ3v) is 2.79. The van der Waals surface area contributed by atoms with E-state index in [-0.39, 0.29) is 16.7 Å². The van der Waals surface area contributed by atoms with Crippen molar-refractivity contribution < 1.29 is 13.2 Å². The van der Waals surface area contributed by atoms with Crippen molar-refractivity contribution in [3.8, 4) is 0 Å². The topological polar surface area (TPSA) is 12.9 Å². The van der Waals surface area contributed by atoms with Crippen LogP contribution in [0.3, 0.4) is 0 Å². The molecule has 0 saturated heterocycles. The molecule has 2 rings (SSSR count). The zero-order chi connectivity index (χ0) is 11.8. The van der Waals surface area contributed by atoms with E-state index in [0.29, 0.717) is 16.1 Å². The maximum Gasteiger partial charge on any atom is 0.446 e. The lowest BCUT2D eigenvalue weighted by Crippen LogP contribution is -1.98.